The predicted molar refractivity (Wildman–Crippen MR) is 74.9 cm³/mol. The van der Waals surface area contributed by atoms with Crippen LogP contribution in [0.15, 0.2) is 24.5 Å². The Morgan fingerprint density at radius 1 is 1.47 bits per heavy atom. The summed E-state index contributed by atoms with van der Waals surface area (Å²) in [6.07, 6.45) is 6.01. The molecule has 0 fully saturated rings. The molecule has 2 heterocycles. The van der Waals surface area contributed by atoms with Gasteiger partial charge in [0.2, 0.25) is 0 Å². The highest BCUT2D eigenvalue weighted by molar-refractivity contribution is 7.99. The van der Waals surface area contributed by atoms with E-state index in [0.29, 0.717) is 5.25 Å². The number of pyridine rings is 1. The summed E-state index contributed by atoms with van der Waals surface area (Å²) >= 11 is 7.79. The minimum Gasteiger partial charge on any atom is -0.310 e. The van der Waals surface area contributed by atoms with Gasteiger partial charge in [-0.1, -0.05) is 18.5 Å². The topological polar surface area (TPSA) is 29.3 Å². The van der Waals surface area contributed by atoms with Crippen molar-refractivity contribution in [2.75, 3.05) is 12.8 Å². The first kappa shape index (κ1) is 12.7. The smallest absolute Gasteiger partial charge is 0.137 e. The molecule has 0 saturated carbocycles. The first-order valence-corrected chi connectivity index (χ1v) is 7.22. The molecule has 2 rings (SSSR count). The number of hydrogen-bond acceptors (Lipinski definition) is 3. The number of nitrogens with one attached hydrogen (secondary N) is 1. The van der Waals surface area contributed by atoms with Crippen molar-refractivity contribution in [2.45, 2.75) is 18.7 Å². The summed E-state index contributed by atoms with van der Waals surface area (Å²) in [7, 11) is 0. The fourth-order valence-electron chi connectivity index (χ4n) is 1.59. The molecule has 0 spiro atoms. The maximum Gasteiger partial charge on any atom is 0.137 e. The van der Waals surface area contributed by atoms with Crippen LogP contribution in [-0.4, -0.2) is 27.4 Å². The molecule has 0 amide bonds. The van der Waals surface area contributed by atoms with Gasteiger partial charge in [-0.25, -0.2) is 4.98 Å². The van der Waals surface area contributed by atoms with Gasteiger partial charge in [0, 0.05) is 30.7 Å². The third-order valence-corrected chi connectivity index (χ3v) is 3.80. The normalized spacial score (nSPS) is 13.1. The zero-order valence-corrected chi connectivity index (χ0v) is 11.6. The van der Waals surface area contributed by atoms with Gasteiger partial charge in [0.15, 0.2) is 0 Å². The summed E-state index contributed by atoms with van der Waals surface area (Å²) < 4.78 is 1.96. The van der Waals surface area contributed by atoms with Crippen molar-refractivity contribution in [3.05, 3.63) is 35.2 Å². The summed E-state index contributed by atoms with van der Waals surface area (Å²) in [5.74, 6) is 0. The number of nitrogens with zero attached hydrogens (tertiary/aromatic N) is 2. The van der Waals surface area contributed by atoms with Crippen LogP contribution < -0.4 is 5.32 Å². The molecule has 92 valence electrons. The number of fused-ring (bicyclic) bond motifs is 1. The van der Waals surface area contributed by atoms with E-state index in [1.54, 1.807) is 0 Å². The molecule has 2 aromatic heterocycles. The molecule has 0 bridgehead atoms. The summed E-state index contributed by atoms with van der Waals surface area (Å²) in [6, 6.07) is 3.78. The van der Waals surface area contributed by atoms with Gasteiger partial charge in [-0.15, -0.1) is 0 Å². The van der Waals surface area contributed by atoms with E-state index in [4.69, 9.17) is 11.6 Å². The highest BCUT2D eigenvalue weighted by Crippen LogP contribution is 2.11. The molecule has 17 heavy (non-hydrogen) atoms. The minimum atomic E-state index is 0.626. The fourth-order valence-corrected chi connectivity index (χ4v) is 2.04. The van der Waals surface area contributed by atoms with Crippen LogP contribution in [-0.2, 0) is 6.54 Å². The SMILES string of the molecule is CSC(C)CNCc1cn2cc(Cl)ccc2n1. The van der Waals surface area contributed by atoms with E-state index in [9.17, 15) is 0 Å². The zero-order chi connectivity index (χ0) is 12.3. The lowest BCUT2D eigenvalue weighted by atomic mass is 10.4. The lowest BCUT2D eigenvalue weighted by molar-refractivity contribution is 0.675. The number of halogens is 1. The van der Waals surface area contributed by atoms with Crippen LogP contribution in [0.3, 0.4) is 0 Å². The maximum atomic E-state index is 5.93. The molecule has 5 heteroatoms. The van der Waals surface area contributed by atoms with E-state index < -0.39 is 0 Å². The number of thioether (sulfide) groups is 1. The van der Waals surface area contributed by atoms with Crippen LogP contribution in [0, 0.1) is 0 Å². The van der Waals surface area contributed by atoms with Crippen molar-refractivity contribution in [1.82, 2.24) is 14.7 Å². The highest BCUT2D eigenvalue weighted by atomic mass is 35.5. The molecule has 2 aromatic rings. The molecule has 0 aliphatic carbocycles. The molecule has 1 unspecified atom stereocenters. The summed E-state index contributed by atoms with van der Waals surface area (Å²) in [4.78, 5) is 4.51. The Kier molecular flexibility index (Phi) is 4.31. The van der Waals surface area contributed by atoms with Gasteiger partial charge in [0.1, 0.15) is 5.65 Å². The van der Waals surface area contributed by atoms with Crippen molar-refractivity contribution in [3.63, 3.8) is 0 Å². The fraction of sp³-hybridized carbons (Fsp3) is 0.417. The Morgan fingerprint density at radius 3 is 3.06 bits per heavy atom. The van der Waals surface area contributed by atoms with Crippen molar-refractivity contribution >= 4 is 29.0 Å². The minimum absolute atomic E-state index is 0.626. The van der Waals surface area contributed by atoms with Crippen molar-refractivity contribution < 1.29 is 0 Å². The Hall–Kier alpha value is -0.710. The van der Waals surface area contributed by atoms with Crippen LogP contribution in [0.2, 0.25) is 5.02 Å². The van der Waals surface area contributed by atoms with Crippen molar-refractivity contribution in [1.29, 1.82) is 0 Å². The molecule has 0 aromatic carbocycles. The van der Waals surface area contributed by atoms with Gasteiger partial charge in [-0.05, 0) is 18.4 Å². The van der Waals surface area contributed by atoms with E-state index in [1.807, 2.05) is 40.7 Å². The average Bonchev–Trinajstić information content (AvgIpc) is 2.70. The van der Waals surface area contributed by atoms with Crippen LogP contribution in [0.25, 0.3) is 5.65 Å². The Labute approximate surface area is 111 Å². The van der Waals surface area contributed by atoms with Crippen molar-refractivity contribution in [3.8, 4) is 0 Å². The van der Waals surface area contributed by atoms with E-state index in [2.05, 4.69) is 23.5 Å². The van der Waals surface area contributed by atoms with E-state index >= 15 is 0 Å². The second-order valence-electron chi connectivity index (χ2n) is 4.02. The number of imidazole rings is 1. The molecule has 1 atom stereocenters. The molecular formula is C12H16ClN3S. The van der Waals surface area contributed by atoms with E-state index in [0.717, 1.165) is 29.5 Å². The lowest BCUT2D eigenvalue weighted by Crippen LogP contribution is -2.22. The summed E-state index contributed by atoms with van der Waals surface area (Å²) in [6.45, 7) is 4.00. The second-order valence-corrected chi connectivity index (χ2v) is 5.73. The molecule has 3 nitrogen and oxygen atoms in total. The standard InChI is InChI=1S/C12H16ClN3S/c1-9(17-2)5-14-6-11-8-16-7-10(13)3-4-12(16)15-11/h3-4,7-9,14H,5-6H2,1-2H3. The first-order valence-electron chi connectivity index (χ1n) is 5.55. The zero-order valence-electron chi connectivity index (χ0n) is 9.98. The van der Waals surface area contributed by atoms with Crippen LogP contribution in [0.4, 0.5) is 0 Å². The second kappa shape index (κ2) is 5.76. The molecular weight excluding hydrogens is 254 g/mol. The lowest BCUT2D eigenvalue weighted by Gasteiger charge is -2.07. The van der Waals surface area contributed by atoms with Gasteiger partial charge < -0.3 is 9.72 Å². The maximum absolute atomic E-state index is 5.93. The van der Waals surface area contributed by atoms with Gasteiger partial charge in [-0.3, -0.25) is 0 Å². The Morgan fingerprint density at radius 2 is 2.29 bits per heavy atom. The number of hydrogen-bond donors (Lipinski definition) is 1. The number of aromatic nitrogens is 2. The molecule has 1 N–H and O–H groups in total. The first-order chi connectivity index (χ1) is 8.19. The molecule has 0 aliphatic heterocycles. The molecule has 0 saturated heterocycles. The Bertz CT molecular complexity index is 497. The number of rotatable bonds is 5. The molecule has 0 aliphatic rings. The Balaban J connectivity index is 1.99. The highest BCUT2D eigenvalue weighted by Gasteiger charge is 2.03. The van der Waals surface area contributed by atoms with Crippen LogP contribution in [0.5, 0.6) is 0 Å². The van der Waals surface area contributed by atoms with Gasteiger partial charge >= 0.3 is 0 Å². The largest absolute Gasteiger partial charge is 0.310 e. The monoisotopic (exact) mass is 269 g/mol. The predicted octanol–water partition coefficient (Wildman–Crippen LogP) is 2.83. The van der Waals surface area contributed by atoms with Crippen LogP contribution in [0.1, 0.15) is 12.6 Å². The van der Waals surface area contributed by atoms with Gasteiger partial charge in [0.05, 0.1) is 10.7 Å². The van der Waals surface area contributed by atoms with Gasteiger partial charge in [-0.2, -0.15) is 11.8 Å². The molecule has 0 radical (unpaired) electrons. The quantitative estimate of drug-likeness (QED) is 0.905. The third kappa shape index (κ3) is 3.37. The van der Waals surface area contributed by atoms with E-state index in [-0.39, 0.29) is 0 Å². The van der Waals surface area contributed by atoms with Gasteiger partial charge in [0.25, 0.3) is 0 Å². The van der Waals surface area contributed by atoms with E-state index in [1.165, 1.54) is 0 Å². The third-order valence-electron chi connectivity index (χ3n) is 2.61. The summed E-state index contributed by atoms with van der Waals surface area (Å²) in [5.41, 5.74) is 1.98. The van der Waals surface area contributed by atoms with Crippen molar-refractivity contribution in [2.24, 2.45) is 0 Å². The summed E-state index contributed by atoms with van der Waals surface area (Å²) in [5, 5.41) is 4.75. The van der Waals surface area contributed by atoms with Crippen LogP contribution >= 0.6 is 23.4 Å². The average molecular weight is 270 g/mol.